The van der Waals surface area contributed by atoms with Crippen molar-refractivity contribution in [3.8, 4) is 5.92 Å². The Balaban J connectivity index is 0. The van der Waals surface area contributed by atoms with Crippen LogP contribution in [0.25, 0.3) is 0 Å². The number of hydrogen-bond acceptors (Lipinski definition) is 0. The van der Waals surface area contributed by atoms with E-state index in [0.29, 0.717) is 0 Å². The Labute approximate surface area is 67.6 Å². The van der Waals surface area contributed by atoms with E-state index in [4.69, 9.17) is 6.42 Å². The third-order valence-corrected chi connectivity index (χ3v) is 0.905. The van der Waals surface area contributed by atoms with Crippen LogP contribution in [0, 0.1) is 12.3 Å². The largest absolute Gasteiger partial charge is 1.00 e. The van der Waals surface area contributed by atoms with Crippen molar-refractivity contribution >= 4 is 0 Å². The summed E-state index contributed by atoms with van der Waals surface area (Å²) in [6, 6.07) is 0. The molecule has 0 spiro atoms. The van der Waals surface area contributed by atoms with Gasteiger partial charge in [0.1, 0.15) is 0 Å². The van der Waals surface area contributed by atoms with Gasteiger partial charge in [-0.25, -0.2) is 0 Å². The molecule has 0 saturated carbocycles. The molecule has 0 aliphatic heterocycles. The predicted octanol–water partition coefficient (Wildman–Crippen LogP) is 2.15. The first-order valence-electron chi connectivity index (χ1n) is 2.81. The van der Waals surface area contributed by atoms with Crippen molar-refractivity contribution in [2.75, 3.05) is 0 Å². The summed E-state index contributed by atoms with van der Waals surface area (Å²) >= 11 is 0. The van der Waals surface area contributed by atoms with Gasteiger partial charge >= 0.3 is 22.4 Å². The number of hydrogen-bond donors (Lipinski definition) is 0. The minimum atomic E-state index is 0. The number of unbranched alkanes of at least 4 members (excludes halogenated alkanes) is 3. The van der Waals surface area contributed by atoms with Gasteiger partial charge in [-0.05, 0) is 12.8 Å². The van der Waals surface area contributed by atoms with E-state index in [1.807, 2.05) is 0 Å². The van der Waals surface area contributed by atoms with Crippen LogP contribution in [0.1, 0.15) is 32.6 Å². The molecule has 0 atom stereocenters. The van der Waals surface area contributed by atoms with Gasteiger partial charge in [0.2, 0.25) is 0 Å². The summed E-state index contributed by atoms with van der Waals surface area (Å²) in [6.07, 6.45) is 11.0. The molecule has 0 saturated heterocycles. The second-order valence-electron chi connectivity index (χ2n) is 1.63. The van der Waals surface area contributed by atoms with Crippen LogP contribution in [0.4, 0.5) is 0 Å². The average molecular weight is 292 g/mol. The van der Waals surface area contributed by atoms with Gasteiger partial charge in [0.15, 0.2) is 0 Å². The van der Waals surface area contributed by atoms with Crippen molar-refractivity contribution in [3.63, 3.8) is 0 Å². The van der Waals surface area contributed by atoms with Crippen molar-refractivity contribution in [1.29, 1.82) is 0 Å². The van der Waals surface area contributed by atoms with E-state index in [1.165, 1.54) is 12.8 Å². The Morgan fingerprint density at radius 3 is 2.38 bits per heavy atom. The zero-order valence-corrected chi connectivity index (χ0v) is 7.30. The molecule has 0 unspecified atom stereocenters. The first-order valence-corrected chi connectivity index (χ1v) is 2.81. The van der Waals surface area contributed by atoms with E-state index in [2.05, 4.69) is 12.8 Å². The van der Waals surface area contributed by atoms with Gasteiger partial charge in [-0.3, -0.25) is 0 Å². The second kappa shape index (κ2) is 10.3. The third-order valence-electron chi connectivity index (χ3n) is 0.905. The molecule has 0 amide bonds. The van der Waals surface area contributed by atoms with Gasteiger partial charge in [0.05, 0.1) is 0 Å². The van der Waals surface area contributed by atoms with Gasteiger partial charge in [-0.2, -0.15) is 0 Å². The van der Waals surface area contributed by atoms with Gasteiger partial charge in [-0.1, -0.05) is 19.8 Å². The molecular formula is C7H11Au. The zero-order chi connectivity index (χ0) is 5.54. The molecular weight excluding hydrogens is 281 g/mol. The van der Waals surface area contributed by atoms with Crippen LogP contribution >= 0.6 is 0 Å². The first kappa shape index (κ1) is 11.1. The summed E-state index contributed by atoms with van der Waals surface area (Å²) in [5.41, 5.74) is 0. The predicted molar refractivity (Wildman–Crippen MR) is 31.3 cm³/mol. The van der Waals surface area contributed by atoms with E-state index in [9.17, 15) is 0 Å². The zero-order valence-electron chi connectivity index (χ0n) is 5.13. The standard InChI is InChI=1S/C7H11.Au/c1-3-5-7-6-4-2;/h3,5-7H2,1H3;/q-1;+1. The SMILES string of the molecule is [Au+].[C-]#CCCCCC. The molecule has 50 valence electrons. The normalized spacial score (nSPS) is 7.00. The van der Waals surface area contributed by atoms with Crippen molar-refractivity contribution in [2.24, 2.45) is 0 Å². The molecule has 0 aliphatic rings. The molecule has 0 rings (SSSR count). The van der Waals surface area contributed by atoms with Crippen molar-refractivity contribution < 1.29 is 22.4 Å². The van der Waals surface area contributed by atoms with Crippen molar-refractivity contribution in [2.45, 2.75) is 32.6 Å². The van der Waals surface area contributed by atoms with E-state index in [1.54, 1.807) is 0 Å². The van der Waals surface area contributed by atoms with Crippen molar-refractivity contribution in [1.82, 2.24) is 0 Å². The molecule has 0 aliphatic carbocycles. The maximum atomic E-state index is 6.53. The molecule has 0 radical (unpaired) electrons. The fourth-order valence-electron chi connectivity index (χ4n) is 0.463. The van der Waals surface area contributed by atoms with Crippen LogP contribution in [0.15, 0.2) is 0 Å². The van der Waals surface area contributed by atoms with Gasteiger partial charge in [0, 0.05) is 0 Å². The quantitative estimate of drug-likeness (QED) is 0.324. The smallest absolute Gasteiger partial charge is 0.694 e. The van der Waals surface area contributed by atoms with E-state index >= 15 is 0 Å². The van der Waals surface area contributed by atoms with E-state index in [-0.39, 0.29) is 22.4 Å². The molecule has 1 heteroatoms. The summed E-state index contributed by atoms with van der Waals surface area (Å²) in [6.45, 7) is 2.16. The van der Waals surface area contributed by atoms with Crippen LogP contribution in [-0.4, -0.2) is 0 Å². The van der Waals surface area contributed by atoms with E-state index in [0.717, 1.165) is 12.8 Å². The fourth-order valence-corrected chi connectivity index (χ4v) is 0.463. The molecule has 0 heterocycles. The van der Waals surface area contributed by atoms with Crippen LogP contribution in [0.2, 0.25) is 0 Å². The van der Waals surface area contributed by atoms with Crippen LogP contribution in [0.3, 0.4) is 0 Å². The average Bonchev–Trinajstić information content (AvgIpc) is 1.69. The topological polar surface area (TPSA) is 0 Å². The summed E-state index contributed by atoms with van der Waals surface area (Å²) in [5.74, 6) is 2.35. The maximum absolute atomic E-state index is 6.53. The summed E-state index contributed by atoms with van der Waals surface area (Å²) in [4.78, 5) is 0. The molecule has 8 heavy (non-hydrogen) atoms. The maximum Gasteiger partial charge on any atom is 1.00 e. The Hall–Kier alpha value is 0.300. The molecule has 0 fully saturated rings. The summed E-state index contributed by atoms with van der Waals surface area (Å²) < 4.78 is 0. The second-order valence-corrected chi connectivity index (χ2v) is 1.63. The van der Waals surface area contributed by atoms with Gasteiger partial charge in [0.25, 0.3) is 0 Å². The van der Waals surface area contributed by atoms with Crippen molar-refractivity contribution in [3.05, 3.63) is 6.42 Å². The van der Waals surface area contributed by atoms with E-state index < -0.39 is 0 Å². The first-order chi connectivity index (χ1) is 3.41. The monoisotopic (exact) mass is 292 g/mol. The molecule has 0 N–H and O–H groups in total. The Morgan fingerprint density at radius 1 is 1.38 bits per heavy atom. The summed E-state index contributed by atoms with van der Waals surface area (Å²) in [5, 5.41) is 0. The van der Waals surface area contributed by atoms with Crippen LogP contribution < -0.4 is 0 Å². The molecule has 0 aromatic carbocycles. The molecule has 0 aromatic heterocycles. The molecule has 0 bridgehead atoms. The van der Waals surface area contributed by atoms with Gasteiger partial charge in [-0.15, -0.1) is 0 Å². The van der Waals surface area contributed by atoms with Crippen LogP contribution in [0.5, 0.6) is 0 Å². The number of rotatable bonds is 3. The fraction of sp³-hybridized carbons (Fsp3) is 0.714. The Morgan fingerprint density at radius 2 is 2.00 bits per heavy atom. The molecule has 0 aromatic rings. The van der Waals surface area contributed by atoms with Gasteiger partial charge < -0.3 is 12.3 Å². The Kier molecular flexibility index (Phi) is 14.4. The minimum Gasteiger partial charge on any atom is -0.694 e. The van der Waals surface area contributed by atoms with Crippen LogP contribution in [-0.2, 0) is 22.4 Å². The Bertz CT molecular complexity index is 61.3. The molecule has 0 nitrogen and oxygen atoms in total. The minimum absolute atomic E-state index is 0. The third kappa shape index (κ3) is 9.57. The summed E-state index contributed by atoms with van der Waals surface area (Å²) in [7, 11) is 0.